The SMILES string of the molecule is CSc1cccc(NC(=O)CN(C)S(=O)(=O)c2ccc3c(c2)C(=O)NCC(=O)N3)c1. The van der Waals surface area contributed by atoms with Crippen LogP contribution in [0.4, 0.5) is 11.4 Å². The fourth-order valence-electron chi connectivity index (χ4n) is 2.80. The number of nitrogens with one attached hydrogen (secondary N) is 3. The third kappa shape index (κ3) is 4.81. The molecule has 1 heterocycles. The van der Waals surface area contributed by atoms with Crippen LogP contribution in [0.2, 0.25) is 0 Å². The highest BCUT2D eigenvalue weighted by atomic mass is 32.2. The summed E-state index contributed by atoms with van der Waals surface area (Å²) in [5, 5.41) is 7.61. The lowest BCUT2D eigenvalue weighted by atomic mass is 10.1. The number of thioether (sulfide) groups is 1. The highest BCUT2D eigenvalue weighted by Crippen LogP contribution is 2.24. The zero-order valence-electron chi connectivity index (χ0n) is 16.3. The molecule has 0 fully saturated rings. The van der Waals surface area contributed by atoms with Crippen LogP contribution in [-0.4, -0.2) is 56.8 Å². The number of sulfonamides is 1. The second kappa shape index (κ2) is 8.86. The number of carbonyl (C=O) groups is 3. The first-order valence-corrected chi connectivity index (χ1v) is 11.5. The minimum absolute atomic E-state index is 0.0358. The van der Waals surface area contributed by atoms with Crippen LogP contribution in [-0.2, 0) is 19.6 Å². The molecule has 3 rings (SSSR count). The summed E-state index contributed by atoms with van der Waals surface area (Å²) >= 11 is 1.52. The van der Waals surface area contributed by atoms with Gasteiger partial charge in [-0.05, 0) is 42.7 Å². The predicted octanol–water partition coefficient (Wildman–Crippen LogP) is 1.35. The van der Waals surface area contributed by atoms with Gasteiger partial charge in [0.15, 0.2) is 0 Å². The molecule has 3 N–H and O–H groups in total. The molecule has 9 nitrogen and oxygen atoms in total. The van der Waals surface area contributed by atoms with E-state index in [1.165, 1.54) is 37.0 Å². The molecule has 1 aliphatic rings. The van der Waals surface area contributed by atoms with Crippen molar-refractivity contribution in [3.05, 3.63) is 48.0 Å². The highest BCUT2D eigenvalue weighted by molar-refractivity contribution is 7.98. The molecule has 0 bridgehead atoms. The first kappa shape index (κ1) is 21.8. The van der Waals surface area contributed by atoms with Crippen molar-refractivity contribution in [2.75, 3.05) is 37.0 Å². The number of amides is 3. The van der Waals surface area contributed by atoms with E-state index in [2.05, 4.69) is 16.0 Å². The van der Waals surface area contributed by atoms with Crippen molar-refractivity contribution in [2.24, 2.45) is 0 Å². The number of nitrogens with zero attached hydrogens (tertiary/aromatic N) is 1. The number of rotatable bonds is 6. The number of carbonyl (C=O) groups excluding carboxylic acids is 3. The van der Waals surface area contributed by atoms with Gasteiger partial charge in [-0.15, -0.1) is 11.8 Å². The Morgan fingerprint density at radius 2 is 1.97 bits per heavy atom. The summed E-state index contributed by atoms with van der Waals surface area (Å²) in [6.45, 7) is -0.612. The van der Waals surface area contributed by atoms with E-state index in [9.17, 15) is 22.8 Å². The number of fused-ring (bicyclic) bond motifs is 1. The predicted molar refractivity (Wildman–Crippen MR) is 114 cm³/mol. The molecule has 0 radical (unpaired) electrons. The Hall–Kier alpha value is -2.89. The first-order chi connectivity index (χ1) is 14.2. The molecule has 0 atom stereocenters. The van der Waals surface area contributed by atoms with Gasteiger partial charge in [0.1, 0.15) is 0 Å². The van der Waals surface area contributed by atoms with Gasteiger partial charge in [0, 0.05) is 17.6 Å². The normalized spacial score (nSPS) is 13.8. The third-order valence-corrected chi connectivity index (χ3v) is 6.87. The minimum Gasteiger partial charge on any atom is -0.343 e. The van der Waals surface area contributed by atoms with Crippen molar-refractivity contribution in [2.45, 2.75) is 9.79 Å². The number of anilines is 2. The van der Waals surface area contributed by atoms with Crippen LogP contribution in [0, 0.1) is 0 Å². The number of hydrogen-bond acceptors (Lipinski definition) is 6. The molecule has 158 valence electrons. The molecule has 0 saturated heterocycles. The monoisotopic (exact) mass is 448 g/mol. The molecule has 1 aliphatic heterocycles. The zero-order valence-corrected chi connectivity index (χ0v) is 17.9. The van der Waals surface area contributed by atoms with Crippen molar-refractivity contribution >= 4 is 50.9 Å². The van der Waals surface area contributed by atoms with Gasteiger partial charge in [0.2, 0.25) is 21.8 Å². The fourth-order valence-corrected chi connectivity index (χ4v) is 4.41. The lowest BCUT2D eigenvalue weighted by Gasteiger charge is -2.18. The van der Waals surface area contributed by atoms with Crippen molar-refractivity contribution in [3.63, 3.8) is 0 Å². The molecular formula is C19H20N4O5S2. The Balaban J connectivity index is 1.77. The summed E-state index contributed by atoms with van der Waals surface area (Å²) in [7, 11) is -2.77. The van der Waals surface area contributed by atoms with Gasteiger partial charge < -0.3 is 16.0 Å². The van der Waals surface area contributed by atoms with Crippen LogP contribution in [0.3, 0.4) is 0 Å². The van der Waals surface area contributed by atoms with Crippen LogP contribution in [0.25, 0.3) is 0 Å². The quantitative estimate of drug-likeness (QED) is 0.573. The molecule has 3 amide bonds. The smallest absolute Gasteiger partial charge is 0.253 e. The maximum atomic E-state index is 12.9. The molecule has 0 unspecified atom stereocenters. The van der Waals surface area contributed by atoms with Crippen LogP contribution >= 0.6 is 11.8 Å². The van der Waals surface area contributed by atoms with E-state index in [-0.39, 0.29) is 22.7 Å². The Morgan fingerprint density at radius 3 is 2.70 bits per heavy atom. The van der Waals surface area contributed by atoms with E-state index in [1.807, 2.05) is 12.3 Å². The van der Waals surface area contributed by atoms with Crippen LogP contribution in [0.5, 0.6) is 0 Å². The van der Waals surface area contributed by atoms with Gasteiger partial charge in [-0.1, -0.05) is 6.07 Å². The van der Waals surface area contributed by atoms with E-state index < -0.39 is 34.3 Å². The summed E-state index contributed by atoms with van der Waals surface area (Å²) in [6, 6.07) is 11.0. The third-order valence-electron chi connectivity index (χ3n) is 4.35. The summed E-state index contributed by atoms with van der Waals surface area (Å²) in [5.41, 5.74) is 0.826. The van der Waals surface area contributed by atoms with Gasteiger partial charge in [-0.2, -0.15) is 4.31 Å². The number of hydrogen-bond donors (Lipinski definition) is 3. The van der Waals surface area contributed by atoms with E-state index in [4.69, 9.17) is 0 Å². The molecule has 0 spiro atoms. The van der Waals surface area contributed by atoms with Gasteiger partial charge in [0.25, 0.3) is 5.91 Å². The summed E-state index contributed by atoms with van der Waals surface area (Å²) in [5.74, 6) is -1.47. The van der Waals surface area contributed by atoms with E-state index in [0.29, 0.717) is 5.69 Å². The molecule has 0 aromatic heterocycles. The molecule has 11 heteroatoms. The first-order valence-electron chi connectivity index (χ1n) is 8.83. The molecule has 2 aromatic carbocycles. The molecule has 2 aromatic rings. The van der Waals surface area contributed by atoms with Gasteiger partial charge in [-0.3, -0.25) is 14.4 Å². The van der Waals surface area contributed by atoms with Crippen LogP contribution in [0.15, 0.2) is 52.3 Å². The average Bonchev–Trinajstić information content (AvgIpc) is 2.85. The van der Waals surface area contributed by atoms with Crippen molar-refractivity contribution in [3.8, 4) is 0 Å². The maximum absolute atomic E-state index is 12.9. The average molecular weight is 449 g/mol. The van der Waals surface area contributed by atoms with Gasteiger partial charge >= 0.3 is 0 Å². The van der Waals surface area contributed by atoms with E-state index >= 15 is 0 Å². The van der Waals surface area contributed by atoms with Crippen molar-refractivity contribution in [1.29, 1.82) is 0 Å². The van der Waals surface area contributed by atoms with Crippen molar-refractivity contribution in [1.82, 2.24) is 9.62 Å². The largest absolute Gasteiger partial charge is 0.343 e. The Labute approximate surface area is 178 Å². The van der Waals surface area contributed by atoms with E-state index in [0.717, 1.165) is 9.20 Å². The topological polar surface area (TPSA) is 125 Å². The summed E-state index contributed by atoms with van der Waals surface area (Å²) < 4.78 is 26.7. The lowest BCUT2D eigenvalue weighted by Crippen LogP contribution is -2.35. The number of benzene rings is 2. The summed E-state index contributed by atoms with van der Waals surface area (Å²) in [4.78, 5) is 36.9. The summed E-state index contributed by atoms with van der Waals surface area (Å²) in [6.07, 6.45) is 1.91. The van der Waals surface area contributed by atoms with Crippen molar-refractivity contribution < 1.29 is 22.8 Å². The lowest BCUT2D eigenvalue weighted by molar-refractivity contribution is -0.116. The minimum atomic E-state index is -4.05. The van der Waals surface area contributed by atoms with E-state index in [1.54, 1.807) is 18.2 Å². The Morgan fingerprint density at radius 1 is 1.20 bits per heavy atom. The van der Waals surface area contributed by atoms with Crippen LogP contribution in [0.1, 0.15) is 10.4 Å². The zero-order chi connectivity index (χ0) is 21.9. The molecular weight excluding hydrogens is 428 g/mol. The number of likely N-dealkylation sites (N-methyl/N-ethyl adjacent to an activating group) is 1. The Kier molecular flexibility index (Phi) is 6.44. The second-order valence-corrected chi connectivity index (χ2v) is 9.40. The standard InChI is InChI=1S/C19H20N4O5S2/c1-23(11-18(25)21-12-4-3-5-13(8-12)29-2)30(27,28)14-6-7-16-15(9-14)19(26)20-10-17(24)22-16/h3-9H,10-11H2,1-2H3,(H,20,26)(H,21,25)(H,22,24). The van der Waals surface area contributed by atoms with Gasteiger partial charge in [-0.25, -0.2) is 8.42 Å². The maximum Gasteiger partial charge on any atom is 0.253 e. The highest BCUT2D eigenvalue weighted by Gasteiger charge is 2.26. The Bertz CT molecular complexity index is 1120. The molecule has 30 heavy (non-hydrogen) atoms. The fraction of sp³-hybridized carbons (Fsp3) is 0.211. The molecule has 0 aliphatic carbocycles. The molecule has 0 saturated carbocycles. The second-order valence-electron chi connectivity index (χ2n) is 6.48. The van der Waals surface area contributed by atoms with Crippen LogP contribution < -0.4 is 16.0 Å². The van der Waals surface area contributed by atoms with Gasteiger partial charge in [0.05, 0.1) is 29.2 Å².